The molecule has 2 aromatic heterocycles. The maximum Gasteiger partial charge on any atom is 0.267 e. The molecule has 3 aromatic carbocycles. The molecule has 0 bridgehead atoms. The van der Waals surface area contributed by atoms with Gasteiger partial charge in [0, 0.05) is 24.1 Å². The molecule has 3 heterocycles. The Labute approximate surface area is 220 Å². The number of pyridine rings is 2. The van der Waals surface area contributed by atoms with E-state index in [0.717, 1.165) is 6.07 Å². The number of ether oxygens (including phenoxy) is 3. The third kappa shape index (κ3) is 4.63. The van der Waals surface area contributed by atoms with E-state index in [-0.39, 0.29) is 17.0 Å². The lowest BCUT2D eigenvalue weighted by molar-refractivity contribution is 0.102. The minimum Gasteiger partial charge on any atom is -0.486 e. The van der Waals surface area contributed by atoms with Crippen molar-refractivity contribution in [1.29, 1.82) is 0 Å². The molecule has 0 aliphatic carbocycles. The molecule has 1 amide bonds. The van der Waals surface area contributed by atoms with Crippen molar-refractivity contribution in [3.05, 3.63) is 113 Å². The molecular formula is C29H19F2N3O5. The summed E-state index contributed by atoms with van der Waals surface area (Å²) in [5.41, 5.74) is 0.0105. The number of carbonyl (C=O) groups excluding carboxylic acids is 1. The first-order chi connectivity index (χ1) is 19.0. The number of halogens is 2. The van der Waals surface area contributed by atoms with Crippen molar-refractivity contribution >= 4 is 22.5 Å². The van der Waals surface area contributed by atoms with E-state index in [2.05, 4.69) is 10.3 Å². The molecule has 194 valence electrons. The molecular weight excluding hydrogens is 508 g/mol. The van der Waals surface area contributed by atoms with E-state index >= 15 is 4.39 Å². The van der Waals surface area contributed by atoms with Crippen LogP contribution in [-0.4, -0.2) is 28.7 Å². The number of carbonyl (C=O) groups is 1. The Morgan fingerprint density at radius 2 is 1.79 bits per heavy atom. The van der Waals surface area contributed by atoms with Gasteiger partial charge in [-0.25, -0.2) is 8.78 Å². The predicted octanol–water partition coefficient (Wildman–Crippen LogP) is 5.48. The van der Waals surface area contributed by atoms with E-state index < -0.39 is 23.1 Å². The van der Waals surface area contributed by atoms with Crippen molar-refractivity contribution in [2.24, 2.45) is 0 Å². The van der Waals surface area contributed by atoms with E-state index in [1.54, 1.807) is 24.4 Å². The Balaban J connectivity index is 1.25. The Kier molecular flexibility index (Phi) is 6.12. The zero-order chi connectivity index (χ0) is 26.9. The quantitative estimate of drug-likeness (QED) is 0.326. The van der Waals surface area contributed by atoms with Gasteiger partial charge in [0.15, 0.2) is 11.5 Å². The van der Waals surface area contributed by atoms with Gasteiger partial charge in [-0.3, -0.25) is 19.1 Å². The first kappa shape index (κ1) is 24.1. The van der Waals surface area contributed by atoms with E-state index in [1.165, 1.54) is 59.3 Å². The van der Waals surface area contributed by atoms with Crippen LogP contribution in [0.5, 0.6) is 23.0 Å². The highest BCUT2D eigenvalue weighted by molar-refractivity contribution is 6.04. The van der Waals surface area contributed by atoms with Gasteiger partial charge in [0.2, 0.25) is 0 Å². The van der Waals surface area contributed by atoms with Crippen LogP contribution >= 0.6 is 0 Å². The number of hydrogen-bond acceptors (Lipinski definition) is 6. The maximum atomic E-state index is 15.0. The molecule has 0 atom stereocenters. The van der Waals surface area contributed by atoms with Gasteiger partial charge in [0.1, 0.15) is 41.9 Å². The third-order valence-electron chi connectivity index (χ3n) is 6.09. The maximum absolute atomic E-state index is 15.0. The fourth-order valence-corrected chi connectivity index (χ4v) is 4.25. The Morgan fingerprint density at radius 1 is 0.974 bits per heavy atom. The number of anilines is 1. The number of rotatable bonds is 5. The van der Waals surface area contributed by atoms with E-state index in [9.17, 15) is 14.0 Å². The first-order valence-corrected chi connectivity index (χ1v) is 11.9. The Hall–Kier alpha value is -5.25. The van der Waals surface area contributed by atoms with Crippen LogP contribution in [0.3, 0.4) is 0 Å². The van der Waals surface area contributed by atoms with E-state index in [4.69, 9.17) is 14.2 Å². The largest absolute Gasteiger partial charge is 0.486 e. The number of fused-ring (bicyclic) bond motifs is 3. The number of amides is 1. The smallest absolute Gasteiger partial charge is 0.267 e. The molecule has 6 rings (SSSR count). The first-order valence-electron chi connectivity index (χ1n) is 11.9. The summed E-state index contributed by atoms with van der Waals surface area (Å²) in [4.78, 5) is 30.1. The number of nitrogens with one attached hydrogen (secondary N) is 1. The normalized spacial score (nSPS) is 12.3. The van der Waals surface area contributed by atoms with Crippen LogP contribution in [0.15, 0.2) is 90.0 Å². The van der Waals surface area contributed by atoms with Crippen LogP contribution in [0, 0.1) is 11.6 Å². The monoisotopic (exact) mass is 527 g/mol. The van der Waals surface area contributed by atoms with Crippen molar-refractivity contribution in [2.45, 2.75) is 0 Å². The fraction of sp³-hybridized carbons (Fsp3) is 0.0690. The second-order valence-electron chi connectivity index (χ2n) is 8.56. The second-order valence-corrected chi connectivity index (χ2v) is 8.56. The summed E-state index contributed by atoms with van der Waals surface area (Å²) in [6.45, 7) is 0.802. The molecule has 0 saturated heterocycles. The SMILES string of the molecule is O=C(Nc1ccc(Oc2ccnc3ccc4c(c23)OCCO4)cc1F)c1cccn(-c2ccc(F)cc2)c1=O. The van der Waals surface area contributed by atoms with Crippen LogP contribution in [0.1, 0.15) is 10.4 Å². The minimum absolute atomic E-state index is 0.141. The lowest BCUT2D eigenvalue weighted by atomic mass is 10.1. The molecule has 1 N–H and O–H groups in total. The Bertz CT molecular complexity index is 1790. The average Bonchev–Trinajstić information content (AvgIpc) is 2.95. The van der Waals surface area contributed by atoms with E-state index in [1.807, 2.05) is 0 Å². The van der Waals surface area contributed by atoms with Crippen LogP contribution in [0.25, 0.3) is 16.6 Å². The lowest BCUT2D eigenvalue weighted by Crippen LogP contribution is -2.28. The van der Waals surface area contributed by atoms with Crippen molar-refractivity contribution in [3.8, 4) is 28.7 Å². The summed E-state index contributed by atoms with van der Waals surface area (Å²) in [6, 6.07) is 17.2. The number of benzene rings is 3. The van der Waals surface area contributed by atoms with Gasteiger partial charge in [-0.2, -0.15) is 0 Å². The molecule has 5 aromatic rings. The number of aromatic nitrogens is 2. The van der Waals surface area contributed by atoms with Gasteiger partial charge in [0.05, 0.1) is 16.6 Å². The molecule has 0 saturated carbocycles. The minimum atomic E-state index is -0.798. The van der Waals surface area contributed by atoms with Gasteiger partial charge >= 0.3 is 0 Å². The molecule has 10 heteroatoms. The van der Waals surface area contributed by atoms with Crippen molar-refractivity contribution in [1.82, 2.24) is 9.55 Å². The van der Waals surface area contributed by atoms with Gasteiger partial charge in [-0.05, 0) is 66.7 Å². The number of nitrogens with zero attached hydrogens (tertiary/aromatic N) is 2. The lowest BCUT2D eigenvalue weighted by Gasteiger charge is -2.21. The van der Waals surface area contributed by atoms with Crippen LogP contribution in [0.2, 0.25) is 0 Å². The predicted molar refractivity (Wildman–Crippen MR) is 139 cm³/mol. The van der Waals surface area contributed by atoms with Crippen LogP contribution < -0.4 is 25.1 Å². The summed E-state index contributed by atoms with van der Waals surface area (Å²) in [7, 11) is 0. The van der Waals surface area contributed by atoms with E-state index in [0.29, 0.717) is 47.1 Å². The summed E-state index contributed by atoms with van der Waals surface area (Å²) >= 11 is 0. The molecule has 8 nitrogen and oxygen atoms in total. The highest BCUT2D eigenvalue weighted by atomic mass is 19.1. The summed E-state index contributed by atoms with van der Waals surface area (Å²) in [5, 5.41) is 3.02. The second kappa shape index (κ2) is 9.90. The molecule has 0 spiro atoms. The van der Waals surface area contributed by atoms with Crippen molar-refractivity contribution in [2.75, 3.05) is 18.5 Å². The van der Waals surface area contributed by atoms with Gasteiger partial charge in [0.25, 0.3) is 11.5 Å². The van der Waals surface area contributed by atoms with Gasteiger partial charge < -0.3 is 19.5 Å². The van der Waals surface area contributed by atoms with Crippen molar-refractivity contribution < 1.29 is 27.8 Å². The third-order valence-corrected chi connectivity index (χ3v) is 6.09. The van der Waals surface area contributed by atoms with Gasteiger partial charge in [-0.1, -0.05) is 0 Å². The van der Waals surface area contributed by atoms with Crippen LogP contribution in [0.4, 0.5) is 14.5 Å². The Morgan fingerprint density at radius 3 is 2.62 bits per heavy atom. The summed E-state index contributed by atoms with van der Waals surface area (Å²) in [6.07, 6.45) is 3.02. The average molecular weight is 527 g/mol. The molecule has 1 aliphatic rings. The highest BCUT2D eigenvalue weighted by Gasteiger charge is 2.20. The zero-order valence-electron chi connectivity index (χ0n) is 20.2. The molecule has 39 heavy (non-hydrogen) atoms. The zero-order valence-corrected chi connectivity index (χ0v) is 20.2. The fourth-order valence-electron chi connectivity index (χ4n) is 4.25. The molecule has 0 fully saturated rings. The number of hydrogen-bond donors (Lipinski definition) is 1. The molecule has 1 aliphatic heterocycles. The van der Waals surface area contributed by atoms with Crippen LogP contribution in [-0.2, 0) is 0 Å². The molecule has 0 unspecified atom stereocenters. The van der Waals surface area contributed by atoms with Crippen molar-refractivity contribution in [3.63, 3.8) is 0 Å². The van der Waals surface area contributed by atoms with Gasteiger partial charge in [-0.15, -0.1) is 0 Å². The summed E-state index contributed by atoms with van der Waals surface area (Å²) < 4.78 is 46.9. The molecule has 0 radical (unpaired) electrons. The topological polar surface area (TPSA) is 91.7 Å². The highest BCUT2D eigenvalue weighted by Crippen LogP contribution is 2.42. The summed E-state index contributed by atoms with van der Waals surface area (Å²) in [5.74, 6) is -0.392. The standard InChI is InChI=1S/C29H19F2N3O5/c30-17-3-5-18(6-4-17)34-13-1-2-20(29(34)36)28(35)33-22-8-7-19(16-21(22)31)39-24-11-12-32-23-9-10-25-27(26(23)24)38-15-14-37-25/h1-13,16H,14-15H2,(H,33,35).